The molecule has 0 heterocycles. The standard InChI is InChI=1S/C30H34FNO7/c1-2-37-28(29(33)34)20-23-12-14-26(15-13-23)38-19-17-32(30(35)39-27-11-6-10-25(31)21-27)16-7-18-36-22-24-8-4-3-5-9-24/h3-6,8-15,21,28H,2,7,16-20,22H2,1H3,(H,33,34). The number of benzene rings is 3. The summed E-state index contributed by atoms with van der Waals surface area (Å²) in [6, 6.07) is 22.3. The molecular formula is C30H34FNO7. The van der Waals surface area contributed by atoms with E-state index in [4.69, 9.17) is 18.9 Å². The fourth-order valence-corrected chi connectivity index (χ4v) is 3.74. The lowest BCUT2D eigenvalue weighted by atomic mass is 10.1. The molecular weight excluding hydrogens is 505 g/mol. The molecule has 0 fully saturated rings. The quantitative estimate of drug-likeness (QED) is 0.246. The Labute approximate surface area is 227 Å². The third kappa shape index (κ3) is 10.7. The molecule has 0 aliphatic rings. The summed E-state index contributed by atoms with van der Waals surface area (Å²) in [5.74, 6) is -0.808. The van der Waals surface area contributed by atoms with Crippen LogP contribution in [0, 0.1) is 5.82 Å². The second kappa shape index (κ2) is 16.1. The summed E-state index contributed by atoms with van der Waals surface area (Å²) in [6.07, 6.45) is -0.700. The number of hydrogen-bond donors (Lipinski definition) is 1. The highest BCUT2D eigenvalue weighted by molar-refractivity contribution is 5.72. The van der Waals surface area contributed by atoms with Gasteiger partial charge in [0.2, 0.25) is 0 Å². The first-order chi connectivity index (χ1) is 18.9. The zero-order chi connectivity index (χ0) is 27.9. The molecule has 1 amide bonds. The van der Waals surface area contributed by atoms with Crippen molar-refractivity contribution in [3.05, 3.63) is 95.8 Å². The number of halogens is 1. The molecule has 0 aliphatic heterocycles. The van der Waals surface area contributed by atoms with E-state index in [2.05, 4.69) is 0 Å². The van der Waals surface area contributed by atoms with Gasteiger partial charge < -0.3 is 29.0 Å². The molecule has 0 bridgehead atoms. The number of aliphatic carboxylic acids is 1. The second-order valence-corrected chi connectivity index (χ2v) is 8.68. The summed E-state index contributed by atoms with van der Waals surface area (Å²) in [6.45, 7) is 3.78. The molecule has 1 N–H and O–H groups in total. The highest BCUT2D eigenvalue weighted by Crippen LogP contribution is 2.16. The molecule has 0 aliphatic carbocycles. The molecule has 3 rings (SSSR count). The number of rotatable bonds is 16. The van der Waals surface area contributed by atoms with E-state index in [0.717, 1.165) is 17.2 Å². The minimum absolute atomic E-state index is 0.119. The van der Waals surface area contributed by atoms with Gasteiger partial charge in [-0.2, -0.15) is 0 Å². The monoisotopic (exact) mass is 539 g/mol. The van der Waals surface area contributed by atoms with Gasteiger partial charge in [-0.05, 0) is 48.7 Å². The van der Waals surface area contributed by atoms with Gasteiger partial charge in [0.1, 0.15) is 23.9 Å². The van der Waals surface area contributed by atoms with Gasteiger partial charge in [-0.3, -0.25) is 0 Å². The summed E-state index contributed by atoms with van der Waals surface area (Å²) in [7, 11) is 0. The van der Waals surface area contributed by atoms with Crippen LogP contribution in [0.2, 0.25) is 0 Å². The van der Waals surface area contributed by atoms with E-state index >= 15 is 0 Å². The average molecular weight is 540 g/mol. The number of hydrogen-bond acceptors (Lipinski definition) is 6. The first-order valence-corrected chi connectivity index (χ1v) is 12.8. The number of nitrogens with zero attached hydrogens (tertiary/aromatic N) is 1. The number of ether oxygens (including phenoxy) is 4. The topological polar surface area (TPSA) is 94.5 Å². The molecule has 3 aromatic carbocycles. The van der Waals surface area contributed by atoms with E-state index in [1.807, 2.05) is 30.3 Å². The van der Waals surface area contributed by atoms with Crippen molar-refractivity contribution in [2.75, 3.05) is 32.9 Å². The van der Waals surface area contributed by atoms with E-state index in [1.165, 1.54) is 23.1 Å². The number of carboxylic acid groups (broad SMARTS) is 1. The fraction of sp³-hybridized carbons (Fsp3) is 0.333. The number of carbonyl (C=O) groups excluding carboxylic acids is 1. The SMILES string of the molecule is CCOC(Cc1ccc(OCCN(CCCOCc2ccccc2)C(=O)Oc2cccc(F)c2)cc1)C(=O)O. The first-order valence-electron chi connectivity index (χ1n) is 12.8. The fourth-order valence-electron chi connectivity index (χ4n) is 3.74. The predicted octanol–water partition coefficient (Wildman–Crippen LogP) is 5.34. The van der Waals surface area contributed by atoms with E-state index in [-0.39, 0.29) is 25.3 Å². The Morgan fingerprint density at radius 3 is 2.36 bits per heavy atom. The van der Waals surface area contributed by atoms with Crippen LogP contribution in [0.15, 0.2) is 78.9 Å². The van der Waals surface area contributed by atoms with Crippen LogP contribution in [0.3, 0.4) is 0 Å². The van der Waals surface area contributed by atoms with Crippen LogP contribution in [0.25, 0.3) is 0 Å². The smallest absolute Gasteiger partial charge is 0.415 e. The van der Waals surface area contributed by atoms with Gasteiger partial charge in [-0.15, -0.1) is 0 Å². The second-order valence-electron chi connectivity index (χ2n) is 8.68. The summed E-state index contributed by atoms with van der Waals surface area (Å²) in [5, 5.41) is 9.27. The van der Waals surface area contributed by atoms with Crippen molar-refractivity contribution in [1.29, 1.82) is 0 Å². The van der Waals surface area contributed by atoms with Crippen LogP contribution in [0.5, 0.6) is 11.5 Å². The number of carboxylic acids is 1. The van der Waals surface area contributed by atoms with Crippen LogP contribution in [0.4, 0.5) is 9.18 Å². The molecule has 208 valence electrons. The average Bonchev–Trinajstić information content (AvgIpc) is 2.93. The Hall–Kier alpha value is -3.95. The van der Waals surface area contributed by atoms with Gasteiger partial charge in [0.25, 0.3) is 0 Å². The molecule has 3 aromatic rings. The van der Waals surface area contributed by atoms with Crippen molar-refractivity contribution in [2.24, 2.45) is 0 Å². The van der Waals surface area contributed by atoms with E-state index in [1.54, 1.807) is 31.2 Å². The normalized spacial score (nSPS) is 11.5. The van der Waals surface area contributed by atoms with Gasteiger partial charge >= 0.3 is 12.1 Å². The first kappa shape index (κ1) is 29.6. The summed E-state index contributed by atoms with van der Waals surface area (Å²) >= 11 is 0. The molecule has 9 heteroatoms. The van der Waals surface area contributed by atoms with Crippen molar-refractivity contribution in [2.45, 2.75) is 32.5 Å². The molecule has 8 nitrogen and oxygen atoms in total. The molecule has 0 radical (unpaired) electrons. The van der Waals surface area contributed by atoms with Crippen LogP contribution in [-0.2, 0) is 27.3 Å². The van der Waals surface area contributed by atoms with E-state index in [0.29, 0.717) is 38.5 Å². The van der Waals surface area contributed by atoms with Crippen molar-refractivity contribution in [3.8, 4) is 11.5 Å². The maximum absolute atomic E-state index is 13.5. The van der Waals surface area contributed by atoms with Gasteiger partial charge in [0.15, 0.2) is 6.10 Å². The Morgan fingerprint density at radius 2 is 1.67 bits per heavy atom. The zero-order valence-corrected chi connectivity index (χ0v) is 22.0. The van der Waals surface area contributed by atoms with Crippen LogP contribution < -0.4 is 9.47 Å². The Morgan fingerprint density at radius 1 is 0.897 bits per heavy atom. The highest BCUT2D eigenvalue weighted by Gasteiger charge is 2.18. The minimum atomic E-state index is -1.01. The van der Waals surface area contributed by atoms with Crippen LogP contribution in [0.1, 0.15) is 24.5 Å². The molecule has 39 heavy (non-hydrogen) atoms. The minimum Gasteiger partial charge on any atom is -0.492 e. The molecule has 0 saturated heterocycles. The Bertz CT molecular complexity index is 1160. The molecule has 0 spiro atoms. The Balaban J connectivity index is 1.51. The van der Waals surface area contributed by atoms with Gasteiger partial charge in [-0.25, -0.2) is 14.0 Å². The van der Waals surface area contributed by atoms with Gasteiger partial charge in [0, 0.05) is 32.2 Å². The number of amides is 1. The maximum atomic E-state index is 13.5. The third-order valence-electron chi connectivity index (χ3n) is 5.71. The van der Waals surface area contributed by atoms with Crippen molar-refractivity contribution in [3.63, 3.8) is 0 Å². The lowest BCUT2D eigenvalue weighted by Gasteiger charge is -2.22. The van der Waals surface area contributed by atoms with Crippen molar-refractivity contribution >= 4 is 12.1 Å². The zero-order valence-electron chi connectivity index (χ0n) is 22.0. The lowest BCUT2D eigenvalue weighted by Crippen LogP contribution is -2.38. The molecule has 0 saturated carbocycles. The third-order valence-corrected chi connectivity index (χ3v) is 5.71. The summed E-state index contributed by atoms with van der Waals surface area (Å²) < 4.78 is 35.7. The molecule has 0 aromatic heterocycles. The summed E-state index contributed by atoms with van der Waals surface area (Å²) in [5.41, 5.74) is 1.87. The van der Waals surface area contributed by atoms with E-state index < -0.39 is 24.0 Å². The molecule has 1 unspecified atom stereocenters. The number of carbonyl (C=O) groups is 2. The van der Waals surface area contributed by atoms with Gasteiger partial charge in [0.05, 0.1) is 13.2 Å². The van der Waals surface area contributed by atoms with Crippen LogP contribution in [-0.4, -0.2) is 61.1 Å². The van der Waals surface area contributed by atoms with Crippen LogP contribution >= 0.6 is 0 Å². The van der Waals surface area contributed by atoms with Crippen molar-refractivity contribution < 1.29 is 38.0 Å². The highest BCUT2D eigenvalue weighted by atomic mass is 19.1. The predicted molar refractivity (Wildman–Crippen MR) is 143 cm³/mol. The van der Waals surface area contributed by atoms with E-state index in [9.17, 15) is 19.1 Å². The lowest BCUT2D eigenvalue weighted by molar-refractivity contribution is -0.149. The Kier molecular flexibility index (Phi) is 12.2. The van der Waals surface area contributed by atoms with Gasteiger partial charge in [-0.1, -0.05) is 48.5 Å². The molecule has 1 atom stereocenters. The van der Waals surface area contributed by atoms with Crippen molar-refractivity contribution in [1.82, 2.24) is 4.90 Å². The summed E-state index contributed by atoms with van der Waals surface area (Å²) in [4.78, 5) is 25.6. The largest absolute Gasteiger partial charge is 0.492 e. The maximum Gasteiger partial charge on any atom is 0.415 e.